The van der Waals surface area contributed by atoms with Crippen molar-refractivity contribution in [3.8, 4) is 5.75 Å². The molecule has 1 rings (SSSR count). The zero-order chi connectivity index (χ0) is 26.0. The molecule has 0 fully saturated rings. The van der Waals surface area contributed by atoms with Crippen molar-refractivity contribution in [2.45, 2.75) is 50.9 Å². The van der Waals surface area contributed by atoms with Crippen molar-refractivity contribution in [2.24, 2.45) is 17.4 Å². The average Bonchev–Trinajstić information content (AvgIpc) is 2.76. The van der Waals surface area contributed by atoms with E-state index in [0.717, 1.165) is 0 Å². The maximum atomic E-state index is 13.1. The third-order valence-corrected chi connectivity index (χ3v) is 5.20. The number of rotatable bonds is 13. The highest BCUT2D eigenvalue weighted by atomic mass is 32.1. The van der Waals surface area contributed by atoms with Crippen molar-refractivity contribution in [3.63, 3.8) is 0 Å². The van der Waals surface area contributed by atoms with E-state index in [1.807, 2.05) is 0 Å². The highest BCUT2D eigenvalue weighted by Crippen LogP contribution is 2.12. The number of aromatic hydroxyl groups is 1. The first-order valence-electron chi connectivity index (χ1n) is 10.4. The lowest BCUT2D eigenvalue weighted by atomic mass is 10.00. The summed E-state index contributed by atoms with van der Waals surface area (Å²) in [5, 5.41) is 25.9. The van der Waals surface area contributed by atoms with Crippen LogP contribution >= 0.6 is 12.6 Å². The number of amides is 4. The molecular weight excluding hydrogens is 466 g/mol. The molecule has 188 valence electrons. The number of primary amides is 1. The Labute approximate surface area is 202 Å². The van der Waals surface area contributed by atoms with E-state index >= 15 is 0 Å². The summed E-state index contributed by atoms with van der Waals surface area (Å²) in [6.07, 6.45) is -0.607. The first-order chi connectivity index (χ1) is 15.8. The number of thiol groups is 1. The number of phenolic OH excluding ortho intramolecular Hbond substituents is 1. The fraction of sp³-hybridized carbons (Fsp3) is 0.476. The molecule has 0 saturated carbocycles. The maximum Gasteiger partial charge on any atom is 0.326 e. The van der Waals surface area contributed by atoms with Gasteiger partial charge in [-0.05, 0) is 23.6 Å². The van der Waals surface area contributed by atoms with Gasteiger partial charge in [0.2, 0.25) is 23.6 Å². The molecule has 0 bridgehead atoms. The lowest BCUT2D eigenvalue weighted by Gasteiger charge is -2.27. The van der Waals surface area contributed by atoms with Crippen molar-refractivity contribution in [3.05, 3.63) is 29.8 Å². The van der Waals surface area contributed by atoms with E-state index < -0.39 is 66.1 Å². The summed E-state index contributed by atoms with van der Waals surface area (Å²) in [5.74, 6) is -4.99. The molecule has 4 atom stereocenters. The lowest BCUT2D eigenvalue weighted by Crippen LogP contribution is -2.59. The van der Waals surface area contributed by atoms with Gasteiger partial charge in [-0.2, -0.15) is 12.6 Å². The molecule has 0 aliphatic heterocycles. The summed E-state index contributed by atoms with van der Waals surface area (Å²) in [7, 11) is 0. The first kappa shape index (κ1) is 28.7. The fourth-order valence-corrected chi connectivity index (χ4v) is 3.06. The number of carbonyl (C=O) groups is 5. The number of carboxylic acid groups (broad SMARTS) is 1. The predicted molar refractivity (Wildman–Crippen MR) is 126 cm³/mol. The quantitative estimate of drug-likeness (QED) is 0.146. The third-order valence-electron chi connectivity index (χ3n) is 4.81. The van der Waals surface area contributed by atoms with Crippen LogP contribution in [0.4, 0.5) is 0 Å². The van der Waals surface area contributed by atoms with E-state index in [4.69, 9.17) is 11.5 Å². The molecule has 13 heteroatoms. The number of hydrogen-bond donors (Lipinski definition) is 8. The summed E-state index contributed by atoms with van der Waals surface area (Å²) in [5.41, 5.74) is 11.3. The van der Waals surface area contributed by atoms with Crippen molar-refractivity contribution in [1.29, 1.82) is 0 Å². The van der Waals surface area contributed by atoms with Gasteiger partial charge in [-0.25, -0.2) is 4.79 Å². The minimum Gasteiger partial charge on any atom is -0.508 e. The van der Waals surface area contributed by atoms with Gasteiger partial charge in [0.05, 0.1) is 12.5 Å². The molecule has 0 aliphatic rings. The van der Waals surface area contributed by atoms with E-state index in [2.05, 4.69) is 28.6 Å². The molecule has 0 aromatic heterocycles. The topological polar surface area (TPSA) is 214 Å². The van der Waals surface area contributed by atoms with Gasteiger partial charge in [0.15, 0.2) is 0 Å². The second-order valence-corrected chi connectivity index (χ2v) is 8.39. The standard InChI is InChI=1S/C21H31N5O7S/c1-10(2)17(20(31)25-15(21(32)33)8-16(23)28)26-19(30)14(24-18(29)13(22)9-34)7-11-3-5-12(27)6-4-11/h3-6,10,13-15,17,27,34H,7-9,22H2,1-2H3,(H2,23,28)(H,24,29)(H,25,31)(H,26,30)(H,32,33). The zero-order valence-corrected chi connectivity index (χ0v) is 19.7. The van der Waals surface area contributed by atoms with E-state index in [1.165, 1.54) is 12.1 Å². The van der Waals surface area contributed by atoms with Crippen LogP contribution in [0, 0.1) is 5.92 Å². The molecule has 4 amide bonds. The minimum atomic E-state index is -1.57. The van der Waals surface area contributed by atoms with E-state index in [1.54, 1.807) is 26.0 Å². The van der Waals surface area contributed by atoms with Crippen molar-refractivity contribution in [1.82, 2.24) is 16.0 Å². The summed E-state index contributed by atoms with van der Waals surface area (Å²) in [6.45, 7) is 3.25. The van der Waals surface area contributed by atoms with E-state index in [9.17, 15) is 34.2 Å². The van der Waals surface area contributed by atoms with Crippen LogP contribution in [0.2, 0.25) is 0 Å². The highest BCUT2D eigenvalue weighted by Gasteiger charge is 2.32. The fourth-order valence-electron chi connectivity index (χ4n) is 2.89. The maximum absolute atomic E-state index is 13.1. The molecule has 0 heterocycles. The van der Waals surface area contributed by atoms with Gasteiger partial charge in [-0.15, -0.1) is 0 Å². The summed E-state index contributed by atoms with van der Waals surface area (Å²) in [4.78, 5) is 60.6. The van der Waals surface area contributed by atoms with Gasteiger partial charge in [0.1, 0.15) is 23.9 Å². The van der Waals surface area contributed by atoms with E-state index in [0.29, 0.717) is 5.56 Å². The average molecular weight is 498 g/mol. The van der Waals surface area contributed by atoms with Crippen LogP contribution in [-0.4, -0.2) is 69.7 Å². The number of benzene rings is 1. The van der Waals surface area contributed by atoms with Gasteiger partial charge in [0, 0.05) is 12.2 Å². The van der Waals surface area contributed by atoms with Crippen LogP contribution in [0.1, 0.15) is 25.8 Å². The Morgan fingerprint density at radius 2 is 1.50 bits per heavy atom. The van der Waals surface area contributed by atoms with Crippen LogP contribution in [0.5, 0.6) is 5.75 Å². The Morgan fingerprint density at radius 1 is 0.941 bits per heavy atom. The Balaban J connectivity index is 3.08. The lowest BCUT2D eigenvalue weighted by molar-refractivity contribution is -0.144. The van der Waals surface area contributed by atoms with Gasteiger partial charge in [-0.3, -0.25) is 19.2 Å². The molecule has 1 aromatic rings. The molecule has 0 spiro atoms. The first-order valence-corrected chi connectivity index (χ1v) is 11.1. The third kappa shape index (κ3) is 9.27. The minimum absolute atomic E-state index is 0.0169. The second kappa shape index (κ2) is 13.4. The molecule has 0 aliphatic carbocycles. The number of nitrogens with two attached hydrogens (primary N) is 2. The Hall–Kier alpha value is -3.32. The van der Waals surface area contributed by atoms with Gasteiger partial charge in [-0.1, -0.05) is 26.0 Å². The molecule has 9 N–H and O–H groups in total. The zero-order valence-electron chi connectivity index (χ0n) is 18.9. The van der Waals surface area contributed by atoms with Gasteiger partial charge < -0.3 is 37.6 Å². The summed E-state index contributed by atoms with van der Waals surface area (Å²) < 4.78 is 0. The van der Waals surface area contributed by atoms with Crippen LogP contribution in [-0.2, 0) is 30.4 Å². The molecule has 34 heavy (non-hydrogen) atoms. The van der Waals surface area contributed by atoms with Gasteiger partial charge in [0.25, 0.3) is 0 Å². The van der Waals surface area contributed by atoms with Crippen LogP contribution < -0.4 is 27.4 Å². The number of phenols is 1. The van der Waals surface area contributed by atoms with Crippen LogP contribution in [0.3, 0.4) is 0 Å². The normalized spacial score (nSPS) is 14.4. The van der Waals surface area contributed by atoms with Gasteiger partial charge >= 0.3 is 5.97 Å². The molecular formula is C21H31N5O7S. The number of carboxylic acids is 1. The smallest absolute Gasteiger partial charge is 0.326 e. The largest absolute Gasteiger partial charge is 0.508 e. The predicted octanol–water partition coefficient (Wildman–Crippen LogP) is -1.74. The summed E-state index contributed by atoms with van der Waals surface area (Å²) >= 11 is 3.97. The molecule has 12 nitrogen and oxygen atoms in total. The Bertz CT molecular complexity index is 894. The Kier molecular flexibility index (Phi) is 11.3. The van der Waals surface area contributed by atoms with E-state index in [-0.39, 0.29) is 17.9 Å². The van der Waals surface area contributed by atoms with Crippen molar-refractivity contribution >= 4 is 42.2 Å². The van der Waals surface area contributed by atoms with Crippen LogP contribution in [0.25, 0.3) is 0 Å². The van der Waals surface area contributed by atoms with Crippen LogP contribution in [0.15, 0.2) is 24.3 Å². The molecule has 1 aromatic carbocycles. The molecule has 0 saturated heterocycles. The number of carbonyl (C=O) groups excluding carboxylic acids is 4. The highest BCUT2D eigenvalue weighted by molar-refractivity contribution is 7.80. The number of nitrogens with one attached hydrogen (secondary N) is 3. The SMILES string of the molecule is CC(C)C(NC(=O)C(Cc1ccc(O)cc1)NC(=O)C(N)CS)C(=O)NC(CC(N)=O)C(=O)O. The Morgan fingerprint density at radius 3 is 1.97 bits per heavy atom. The number of hydrogen-bond acceptors (Lipinski definition) is 8. The molecule has 0 radical (unpaired) electrons. The molecule has 4 unspecified atom stereocenters. The number of aliphatic carboxylic acids is 1. The van der Waals surface area contributed by atoms with Crippen molar-refractivity contribution < 1.29 is 34.2 Å². The monoisotopic (exact) mass is 497 g/mol. The van der Waals surface area contributed by atoms with Crippen molar-refractivity contribution in [2.75, 3.05) is 5.75 Å². The summed E-state index contributed by atoms with van der Waals surface area (Å²) in [6, 6.07) is 1.10. The second-order valence-electron chi connectivity index (χ2n) is 8.02.